The highest BCUT2D eigenvalue weighted by atomic mass is 17.5. The van der Waals surface area contributed by atoms with Crippen molar-refractivity contribution in [3.8, 4) is 11.5 Å². The van der Waals surface area contributed by atoms with E-state index in [1.54, 1.807) is 19.1 Å². The third-order valence-corrected chi connectivity index (χ3v) is 2.53. The standard InChI is InChI=1S/C14H18O9/c1-9(8-17-2)20-14(16)22-23-21-13(15)10-6-5-7-11(18-3)12(10)19-4/h5-7,9H,8H2,1-4H3. The molecule has 1 unspecified atom stereocenters. The first kappa shape index (κ1) is 18.5. The molecule has 0 spiro atoms. The van der Waals surface area contributed by atoms with E-state index >= 15 is 0 Å². The predicted molar refractivity (Wildman–Crippen MR) is 75.0 cm³/mol. The van der Waals surface area contributed by atoms with Crippen LogP contribution in [0.5, 0.6) is 11.5 Å². The molecule has 0 fully saturated rings. The van der Waals surface area contributed by atoms with Gasteiger partial charge in [0.25, 0.3) is 0 Å². The number of hydrogen-bond acceptors (Lipinski definition) is 9. The second-order valence-corrected chi connectivity index (χ2v) is 4.20. The summed E-state index contributed by atoms with van der Waals surface area (Å²) >= 11 is 0. The summed E-state index contributed by atoms with van der Waals surface area (Å²) in [6.07, 6.45) is -1.73. The molecule has 0 saturated heterocycles. The molecule has 1 aromatic rings. The molecule has 128 valence electrons. The molecular weight excluding hydrogens is 312 g/mol. The molecule has 0 amide bonds. The van der Waals surface area contributed by atoms with Gasteiger partial charge >= 0.3 is 12.1 Å². The Morgan fingerprint density at radius 2 is 1.83 bits per heavy atom. The van der Waals surface area contributed by atoms with Crippen LogP contribution >= 0.6 is 0 Å². The van der Waals surface area contributed by atoms with E-state index in [-0.39, 0.29) is 17.9 Å². The largest absolute Gasteiger partial charge is 0.543 e. The molecule has 9 nitrogen and oxygen atoms in total. The van der Waals surface area contributed by atoms with Crippen LogP contribution in [0.4, 0.5) is 4.79 Å². The van der Waals surface area contributed by atoms with E-state index in [4.69, 9.17) is 18.9 Å². The highest BCUT2D eigenvalue weighted by Crippen LogP contribution is 2.31. The fourth-order valence-corrected chi connectivity index (χ4v) is 1.62. The van der Waals surface area contributed by atoms with Gasteiger partial charge in [0, 0.05) is 7.11 Å². The molecule has 0 aromatic heterocycles. The van der Waals surface area contributed by atoms with Gasteiger partial charge in [-0.05, 0) is 19.1 Å². The monoisotopic (exact) mass is 330 g/mol. The number of hydrogen-bond donors (Lipinski definition) is 0. The first-order valence-electron chi connectivity index (χ1n) is 6.49. The smallest absolute Gasteiger partial charge is 0.493 e. The number of benzene rings is 1. The van der Waals surface area contributed by atoms with Crippen LogP contribution < -0.4 is 9.47 Å². The van der Waals surface area contributed by atoms with Gasteiger partial charge in [0.2, 0.25) is 0 Å². The molecule has 0 N–H and O–H groups in total. The molecule has 9 heteroatoms. The minimum Gasteiger partial charge on any atom is -0.493 e. The Labute approximate surface area is 132 Å². The summed E-state index contributed by atoms with van der Waals surface area (Å²) < 4.78 is 19.6. The fourth-order valence-electron chi connectivity index (χ4n) is 1.62. The van der Waals surface area contributed by atoms with E-state index < -0.39 is 18.2 Å². The third kappa shape index (κ3) is 5.64. The maximum Gasteiger partial charge on any atom is 0.543 e. The van der Waals surface area contributed by atoms with Gasteiger partial charge in [-0.2, -0.15) is 0 Å². The van der Waals surface area contributed by atoms with Crippen molar-refractivity contribution in [2.45, 2.75) is 13.0 Å². The van der Waals surface area contributed by atoms with Crippen LogP contribution in [0.3, 0.4) is 0 Å². The zero-order valence-electron chi connectivity index (χ0n) is 13.2. The molecule has 23 heavy (non-hydrogen) atoms. The molecule has 0 radical (unpaired) electrons. The summed E-state index contributed by atoms with van der Waals surface area (Å²) in [6, 6.07) is 4.58. The van der Waals surface area contributed by atoms with Crippen LogP contribution in [-0.2, 0) is 24.3 Å². The molecule has 0 aliphatic heterocycles. The van der Waals surface area contributed by atoms with Crippen molar-refractivity contribution >= 4 is 12.1 Å². The van der Waals surface area contributed by atoms with Crippen LogP contribution in [0.15, 0.2) is 18.2 Å². The number of ether oxygens (including phenoxy) is 4. The van der Waals surface area contributed by atoms with Crippen LogP contribution in [0.2, 0.25) is 0 Å². The lowest BCUT2D eigenvalue weighted by Crippen LogP contribution is -2.21. The van der Waals surface area contributed by atoms with Gasteiger partial charge in [-0.15, -0.1) is 0 Å². The second kappa shape index (κ2) is 9.49. The number of rotatable bonds is 8. The summed E-state index contributed by atoms with van der Waals surface area (Å²) in [6.45, 7) is 1.76. The van der Waals surface area contributed by atoms with Crippen molar-refractivity contribution in [3.05, 3.63) is 23.8 Å². The Bertz CT molecular complexity index is 529. The van der Waals surface area contributed by atoms with Crippen molar-refractivity contribution in [1.82, 2.24) is 0 Å². The van der Waals surface area contributed by atoms with E-state index in [0.29, 0.717) is 5.75 Å². The van der Waals surface area contributed by atoms with E-state index in [1.807, 2.05) is 0 Å². The molecule has 1 rings (SSSR count). The van der Waals surface area contributed by atoms with Crippen LogP contribution in [0.1, 0.15) is 17.3 Å². The Hall–Kier alpha value is -2.52. The van der Waals surface area contributed by atoms with Crippen LogP contribution in [0, 0.1) is 0 Å². The highest BCUT2D eigenvalue weighted by molar-refractivity contribution is 5.93. The van der Waals surface area contributed by atoms with Crippen LogP contribution in [-0.4, -0.2) is 46.2 Å². The highest BCUT2D eigenvalue weighted by Gasteiger charge is 2.20. The maximum absolute atomic E-state index is 11.9. The third-order valence-electron chi connectivity index (χ3n) is 2.53. The van der Waals surface area contributed by atoms with Crippen molar-refractivity contribution in [1.29, 1.82) is 0 Å². The van der Waals surface area contributed by atoms with Crippen molar-refractivity contribution in [3.63, 3.8) is 0 Å². The minimum atomic E-state index is -1.18. The first-order chi connectivity index (χ1) is 11.0. The number of para-hydroxylation sites is 1. The van der Waals surface area contributed by atoms with Gasteiger partial charge in [-0.25, -0.2) is 14.5 Å². The topological polar surface area (TPSA) is 98.8 Å². The maximum atomic E-state index is 11.9. The summed E-state index contributed by atoms with van der Waals surface area (Å²) in [4.78, 5) is 31.6. The number of methoxy groups -OCH3 is 3. The van der Waals surface area contributed by atoms with E-state index in [9.17, 15) is 9.59 Å². The van der Waals surface area contributed by atoms with Crippen molar-refractivity contribution in [2.24, 2.45) is 0 Å². The Morgan fingerprint density at radius 3 is 2.43 bits per heavy atom. The van der Waals surface area contributed by atoms with Gasteiger partial charge in [0.05, 0.1) is 25.9 Å². The molecule has 1 aromatic carbocycles. The summed E-state index contributed by atoms with van der Waals surface area (Å²) in [5, 5.41) is 4.10. The van der Waals surface area contributed by atoms with Crippen LogP contribution in [0.25, 0.3) is 0 Å². The molecule has 0 heterocycles. The van der Waals surface area contributed by atoms with Crippen molar-refractivity contribution < 1.29 is 43.3 Å². The normalized spacial score (nSPS) is 11.3. The average Bonchev–Trinajstić information content (AvgIpc) is 2.53. The van der Waals surface area contributed by atoms with E-state index in [1.165, 1.54) is 27.4 Å². The lowest BCUT2D eigenvalue weighted by atomic mass is 10.2. The van der Waals surface area contributed by atoms with E-state index in [0.717, 1.165) is 0 Å². The molecule has 1 atom stereocenters. The Morgan fingerprint density at radius 1 is 1.09 bits per heavy atom. The summed E-state index contributed by atoms with van der Waals surface area (Å²) in [5.41, 5.74) is 0.0246. The van der Waals surface area contributed by atoms with Gasteiger partial charge in [0.1, 0.15) is 11.7 Å². The fraction of sp³-hybridized carbons (Fsp3) is 0.429. The Kier molecular flexibility index (Phi) is 7.64. The SMILES string of the molecule is COCC(C)OC(=O)OOOC(=O)c1cccc(OC)c1OC. The lowest BCUT2D eigenvalue weighted by Gasteiger charge is -2.11. The second-order valence-electron chi connectivity index (χ2n) is 4.20. The summed E-state index contributed by atoms with van der Waals surface area (Å²) in [7, 11) is 4.23. The molecule has 0 bridgehead atoms. The average molecular weight is 330 g/mol. The minimum absolute atomic E-state index is 0.0246. The predicted octanol–water partition coefficient (Wildman–Crippen LogP) is 1.90. The van der Waals surface area contributed by atoms with Gasteiger partial charge in [-0.1, -0.05) is 6.07 Å². The molecular formula is C14H18O9. The number of carbonyl (C=O) groups is 2. The zero-order chi connectivity index (χ0) is 17.2. The first-order valence-corrected chi connectivity index (χ1v) is 6.49. The lowest BCUT2D eigenvalue weighted by molar-refractivity contribution is -0.453. The number of carbonyl (C=O) groups excluding carboxylic acids is 2. The molecule has 0 aliphatic rings. The van der Waals surface area contributed by atoms with Crippen molar-refractivity contribution in [2.75, 3.05) is 27.9 Å². The quantitative estimate of drug-likeness (QED) is 0.402. The van der Waals surface area contributed by atoms with E-state index in [2.05, 4.69) is 14.8 Å². The van der Waals surface area contributed by atoms with Gasteiger partial charge in [0.15, 0.2) is 11.5 Å². The molecule has 0 saturated carbocycles. The summed E-state index contributed by atoms with van der Waals surface area (Å²) in [5.74, 6) is -0.464. The van der Waals surface area contributed by atoms with Gasteiger partial charge < -0.3 is 18.9 Å². The molecule has 0 aliphatic carbocycles. The zero-order valence-corrected chi connectivity index (χ0v) is 13.2. The van der Waals surface area contributed by atoms with Gasteiger partial charge in [-0.3, -0.25) is 4.89 Å². The Balaban J connectivity index is 2.53.